The fourth-order valence-corrected chi connectivity index (χ4v) is 4.33. The van der Waals surface area contributed by atoms with Crippen LogP contribution in [0.1, 0.15) is 34.7 Å². The maximum absolute atomic E-state index is 13.2. The van der Waals surface area contributed by atoms with Gasteiger partial charge in [0.15, 0.2) is 0 Å². The zero-order valence-electron chi connectivity index (χ0n) is 17.5. The molecule has 31 heavy (non-hydrogen) atoms. The second kappa shape index (κ2) is 8.88. The Morgan fingerprint density at radius 2 is 2.19 bits per heavy atom. The molecule has 2 aromatic rings. The van der Waals surface area contributed by atoms with Gasteiger partial charge >= 0.3 is 0 Å². The van der Waals surface area contributed by atoms with Crippen LogP contribution < -0.4 is 5.32 Å². The summed E-state index contributed by atoms with van der Waals surface area (Å²) >= 11 is 0. The van der Waals surface area contributed by atoms with Crippen LogP contribution in [0.5, 0.6) is 0 Å². The van der Waals surface area contributed by atoms with Gasteiger partial charge in [-0.3, -0.25) is 14.5 Å². The van der Waals surface area contributed by atoms with Gasteiger partial charge in [0, 0.05) is 32.4 Å². The number of hydrogen-bond donors (Lipinski definition) is 2. The summed E-state index contributed by atoms with van der Waals surface area (Å²) < 4.78 is 0. The van der Waals surface area contributed by atoms with Gasteiger partial charge in [0.1, 0.15) is 0 Å². The first-order chi connectivity index (χ1) is 14.9. The van der Waals surface area contributed by atoms with Crippen LogP contribution in [0.25, 0.3) is 0 Å². The van der Waals surface area contributed by atoms with E-state index in [2.05, 4.69) is 16.3 Å². The number of β-amino-alcohol motifs (C(OH)–C–C–N with tert-alkyl or cyclic N) is 1. The summed E-state index contributed by atoms with van der Waals surface area (Å²) in [7, 11) is 1.79. The average Bonchev–Trinajstić information content (AvgIpc) is 3.35. The number of nitriles is 1. The van der Waals surface area contributed by atoms with Crippen molar-refractivity contribution >= 4 is 17.5 Å². The number of fused-ring (bicyclic) bond motifs is 1. The second-order valence-electron chi connectivity index (χ2n) is 8.35. The highest BCUT2D eigenvalue weighted by molar-refractivity contribution is 5.99. The average molecular weight is 418 g/mol. The monoisotopic (exact) mass is 418 g/mol. The Bertz CT molecular complexity index is 1050. The summed E-state index contributed by atoms with van der Waals surface area (Å²) in [5, 5.41) is 22.0. The molecule has 1 saturated heterocycles. The van der Waals surface area contributed by atoms with E-state index in [-0.39, 0.29) is 30.4 Å². The molecule has 1 fully saturated rings. The van der Waals surface area contributed by atoms with Crippen molar-refractivity contribution in [1.29, 1.82) is 5.26 Å². The molecule has 0 spiro atoms. The number of aliphatic hydroxyl groups is 1. The number of likely N-dealkylation sites (tertiary alicyclic amines) is 1. The zero-order valence-corrected chi connectivity index (χ0v) is 17.5. The van der Waals surface area contributed by atoms with Crippen LogP contribution in [-0.4, -0.2) is 59.5 Å². The Balaban J connectivity index is 1.53. The molecule has 0 bridgehead atoms. The standard InChI is InChI=1S/C24H26N4O3/c1-27(24(31)11-16-5-6-18-12-23(30)26-21(18)10-16)22(15-28-8-7-20(29)14-28)19-4-2-3-17(9-19)13-25/h2-6,9-10,20,22,29H,7-8,11-12,14-15H2,1H3,(H,26,30)/t20-,22?/m1/s1. The van der Waals surface area contributed by atoms with Crippen molar-refractivity contribution in [1.82, 2.24) is 9.80 Å². The number of nitrogens with one attached hydrogen (secondary N) is 1. The Morgan fingerprint density at radius 3 is 2.94 bits per heavy atom. The molecule has 2 heterocycles. The van der Waals surface area contributed by atoms with Gasteiger partial charge < -0.3 is 15.3 Å². The quantitative estimate of drug-likeness (QED) is 0.747. The van der Waals surface area contributed by atoms with Crippen LogP contribution in [0.3, 0.4) is 0 Å². The first-order valence-electron chi connectivity index (χ1n) is 10.5. The lowest BCUT2D eigenvalue weighted by Gasteiger charge is -2.32. The predicted octanol–water partition coefficient (Wildman–Crippen LogP) is 1.86. The highest BCUT2D eigenvalue weighted by Gasteiger charge is 2.28. The van der Waals surface area contributed by atoms with Crippen molar-refractivity contribution in [3.8, 4) is 6.07 Å². The second-order valence-corrected chi connectivity index (χ2v) is 8.35. The Morgan fingerprint density at radius 1 is 1.35 bits per heavy atom. The number of aliphatic hydroxyl groups excluding tert-OH is 1. The van der Waals surface area contributed by atoms with Gasteiger partial charge in [-0.05, 0) is 41.3 Å². The summed E-state index contributed by atoms with van der Waals surface area (Å²) in [6.07, 6.45) is 0.983. The Labute approximate surface area is 181 Å². The summed E-state index contributed by atoms with van der Waals surface area (Å²) in [5.74, 6) is -0.0720. The lowest BCUT2D eigenvalue weighted by molar-refractivity contribution is -0.131. The van der Waals surface area contributed by atoms with Crippen molar-refractivity contribution in [3.05, 3.63) is 64.7 Å². The van der Waals surface area contributed by atoms with Gasteiger partial charge in [-0.1, -0.05) is 24.3 Å². The fraction of sp³-hybridized carbons (Fsp3) is 0.375. The molecule has 4 rings (SSSR count). The highest BCUT2D eigenvalue weighted by atomic mass is 16.3. The molecule has 2 aromatic carbocycles. The van der Waals surface area contributed by atoms with E-state index in [1.165, 1.54) is 0 Å². The molecule has 0 saturated carbocycles. The third kappa shape index (κ3) is 4.76. The SMILES string of the molecule is CN(C(=O)Cc1ccc2c(c1)NC(=O)C2)C(CN1CC[C@@H](O)C1)c1cccc(C#N)c1. The van der Waals surface area contributed by atoms with E-state index in [9.17, 15) is 20.0 Å². The largest absolute Gasteiger partial charge is 0.392 e. The van der Waals surface area contributed by atoms with Gasteiger partial charge in [-0.2, -0.15) is 5.26 Å². The fourth-order valence-electron chi connectivity index (χ4n) is 4.33. The van der Waals surface area contributed by atoms with Gasteiger partial charge in [0.25, 0.3) is 0 Å². The van der Waals surface area contributed by atoms with Crippen molar-refractivity contribution in [3.63, 3.8) is 0 Å². The van der Waals surface area contributed by atoms with E-state index < -0.39 is 0 Å². The summed E-state index contributed by atoms with van der Waals surface area (Å²) in [6.45, 7) is 1.96. The van der Waals surface area contributed by atoms with E-state index in [0.717, 1.165) is 35.3 Å². The molecule has 0 aliphatic carbocycles. The zero-order chi connectivity index (χ0) is 22.0. The number of amides is 2. The summed E-state index contributed by atoms with van der Waals surface area (Å²) in [4.78, 5) is 28.7. The first-order valence-corrected chi connectivity index (χ1v) is 10.5. The van der Waals surface area contributed by atoms with E-state index in [1.807, 2.05) is 36.4 Å². The van der Waals surface area contributed by atoms with Crippen molar-refractivity contribution < 1.29 is 14.7 Å². The number of carbonyl (C=O) groups is 2. The van der Waals surface area contributed by atoms with Crippen LogP contribution in [0.4, 0.5) is 5.69 Å². The van der Waals surface area contributed by atoms with Crippen LogP contribution in [0, 0.1) is 11.3 Å². The molecule has 2 amide bonds. The topological polar surface area (TPSA) is 96.7 Å². The van der Waals surface area contributed by atoms with Crippen molar-refractivity contribution in [2.75, 3.05) is 32.0 Å². The Hall–Kier alpha value is -3.21. The lowest BCUT2D eigenvalue weighted by Crippen LogP contribution is -2.39. The molecule has 7 heteroatoms. The van der Waals surface area contributed by atoms with Crippen LogP contribution in [-0.2, 0) is 22.4 Å². The lowest BCUT2D eigenvalue weighted by atomic mass is 10.0. The molecular weight excluding hydrogens is 392 g/mol. The minimum absolute atomic E-state index is 0.0270. The minimum atomic E-state index is -0.339. The highest BCUT2D eigenvalue weighted by Crippen LogP contribution is 2.27. The molecule has 2 aliphatic heterocycles. The number of nitrogens with zero attached hydrogens (tertiary/aromatic N) is 3. The number of carbonyl (C=O) groups excluding carboxylic acids is 2. The smallest absolute Gasteiger partial charge is 0.228 e. The molecule has 0 radical (unpaired) electrons. The molecule has 0 aromatic heterocycles. The van der Waals surface area contributed by atoms with E-state index in [1.54, 1.807) is 18.0 Å². The minimum Gasteiger partial charge on any atom is -0.392 e. The van der Waals surface area contributed by atoms with E-state index in [4.69, 9.17) is 0 Å². The molecule has 2 atom stereocenters. The number of likely N-dealkylation sites (N-methyl/N-ethyl adjacent to an activating group) is 1. The van der Waals surface area contributed by atoms with E-state index in [0.29, 0.717) is 25.1 Å². The number of hydrogen-bond acceptors (Lipinski definition) is 5. The third-order valence-electron chi connectivity index (χ3n) is 6.09. The normalized spacial score (nSPS) is 18.9. The van der Waals surface area contributed by atoms with Gasteiger partial charge in [0.2, 0.25) is 11.8 Å². The number of benzene rings is 2. The van der Waals surface area contributed by atoms with Crippen LogP contribution >= 0.6 is 0 Å². The molecule has 2 aliphatic rings. The van der Waals surface area contributed by atoms with Crippen LogP contribution in [0.15, 0.2) is 42.5 Å². The Kier molecular flexibility index (Phi) is 6.03. The van der Waals surface area contributed by atoms with Gasteiger partial charge in [-0.25, -0.2) is 0 Å². The maximum Gasteiger partial charge on any atom is 0.228 e. The third-order valence-corrected chi connectivity index (χ3v) is 6.09. The van der Waals surface area contributed by atoms with Crippen LogP contribution in [0.2, 0.25) is 0 Å². The molecule has 1 unspecified atom stereocenters. The van der Waals surface area contributed by atoms with Crippen molar-refractivity contribution in [2.24, 2.45) is 0 Å². The summed E-state index contributed by atoms with van der Waals surface area (Å²) in [6, 6.07) is 14.9. The predicted molar refractivity (Wildman–Crippen MR) is 116 cm³/mol. The molecular formula is C24H26N4O3. The molecule has 160 valence electrons. The molecule has 7 nitrogen and oxygen atoms in total. The number of rotatable bonds is 6. The first kappa shape index (κ1) is 21.0. The number of anilines is 1. The molecule has 2 N–H and O–H groups in total. The maximum atomic E-state index is 13.2. The van der Waals surface area contributed by atoms with Crippen molar-refractivity contribution in [2.45, 2.75) is 31.4 Å². The van der Waals surface area contributed by atoms with Gasteiger partial charge in [-0.15, -0.1) is 0 Å². The van der Waals surface area contributed by atoms with Gasteiger partial charge in [0.05, 0.1) is 36.6 Å². The van der Waals surface area contributed by atoms with E-state index >= 15 is 0 Å². The summed E-state index contributed by atoms with van der Waals surface area (Å²) in [5.41, 5.74) is 4.03.